The molecule has 0 aliphatic carbocycles. The van der Waals surface area contributed by atoms with Crippen molar-refractivity contribution in [3.8, 4) is 0 Å². The van der Waals surface area contributed by atoms with Gasteiger partial charge < -0.3 is 97.0 Å². The molecule has 0 saturated heterocycles. The average molecular weight is 1310 g/mol. The zero-order valence-electron chi connectivity index (χ0n) is 53.6. The third kappa shape index (κ3) is 29.6. The number of imidazole rings is 1. The molecule has 2 rings (SSSR count). The van der Waals surface area contributed by atoms with Gasteiger partial charge in [0.2, 0.25) is 65.0 Å². The highest BCUT2D eigenvalue weighted by Gasteiger charge is 2.36. The van der Waals surface area contributed by atoms with Crippen LogP contribution in [0.3, 0.4) is 0 Å². The van der Waals surface area contributed by atoms with Crippen LogP contribution in [0.4, 0.5) is 5.69 Å². The number of aliphatic hydroxyl groups excluding tert-OH is 1. The summed E-state index contributed by atoms with van der Waals surface area (Å²) in [5.74, 6) is -12.6. The number of guanidine groups is 1. The number of primary amides is 1. The number of nitrogens with zero attached hydrogens (tertiary/aromatic N) is 3. The second kappa shape index (κ2) is 41.2. The summed E-state index contributed by atoms with van der Waals surface area (Å²) in [6.45, 7) is 10.5. The highest BCUT2D eigenvalue weighted by atomic mass is 16.6. The number of benzene rings is 1. The van der Waals surface area contributed by atoms with Crippen LogP contribution in [-0.4, -0.2) is 188 Å². The molecule has 0 aliphatic rings. The number of nitrogens with two attached hydrogens (primary N) is 5. The van der Waals surface area contributed by atoms with Gasteiger partial charge in [0.1, 0.15) is 60.4 Å². The highest BCUT2D eigenvalue weighted by molar-refractivity contribution is 5.99. The summed E-state index contributed by atoms with van der Waals surface area (Å²) >= 11 is 0. The molecule has 0 radical (unpaired) electrons. The summed E-state index contributed by atoms with van der Waals surface area (Å²) in [5, 5.41) is 56.0. The van der Waals surface area contributed by atoms with Gasteiger partial charge in [0.05, 0.1) is 23.9 Å². The van der Waals surface area contributed by atoms with Crippen molar-refractivity contribution in [2.75, 3.05) is 19.7 Å². The number of carbonyl (C=O) groups is 12. The Hall–Kier alpha value is -9.38. The molecule has 0 aliphatic heterocycles. The van der Waals surface area contributed by atoms with E-state index in [0.29, 0.717) is 37.9 Å². The zero-order chi connectivity index (χ0) is 70.1. The van der Waals surface area contributed by atoms with E-state index in [-0.39, 0.29) is 68.2 Å². The molecular formula is C58H95N19O16. The summed E-state index contributed by atoms with van der Waals surface area (Å²) in [5.41, 5.74) is 28.6. The van der Waals surface area contributed by atoms with Gasteiger partial charge in [-0.2, -0.15) is 0 Å². The van der Waals surface area contributed by atoms with Crippen LogP contribution < -0.4 is 81.8 Å². The molecule has 1 heterocycles. The monoisotopic (exact) mass is 1310 g/mol. The molecule has 93 heavy (non-hydrogen) atoms. The van der Waals surface area contributed by atoms with Crippen LogP contribution >= 0.6 is 0 Å². The number of aromatic amines is 1. The summed E-state index contributed by atoms with van der Waals surface area (Å²) in [7, 11) is 0. The van der Waals surface area contributed by atoms with Crippen molar-refractivity contribution in [1.29, 1.82) is 0 Å². The van der Waals surface area contributed by atoms with Gasteiger partial charge in [-0.3, -0.25) is 72.6 Å². The first-order chi connectivity index (χ1) is 43.8. The number of carboxylic acids is 1. The molecule has 23 N–H and O–H groups in total. The van der Waals surface area contributed by atoms with Crippen LogP contribution in [0.15, 0.2) is 41.8 Å². The van der Waals surface area contributed by atoms with Gasteiger partial charge in [0.15, 0.2) is 5.96 Å². The lowest BCUT2D eigenvalue weighted by Gasteiger charge is -2.29. The van der Waals surface area contributed by atoms with E-state index in [1.807, 2.05) is 0 Å². The number of amides is 11. The van der Waals surface area contributed by atoms with Gasteiger partial charge in [-0.15, -0.1) is 0 Å². The third-order valence-corrected chi connectivity index (χ3v) is 14.4. The van der Waals surface area contributed by atoms with Crippen LogP contribution in [0.25, 0.3) is 0 Å². The van der Waals surface area contributed by atoms with E-state index in [1.165, 1.54) is 38.5 Å². The molecular weight excluding hydrogens is 1220 g/mol. The Bertz CT molecular complexity index is 2850. The van der Waals surface area contributed by atoms with E-state index < -0.39 is 174 Å². The molecule has 2 aromatic rings. The average Bonchev–Trinajstić information content (AvgIpc) is 1.22. The minimum absolute atomic E-state index is 0.0109. The maximum absolute atomic E-state index is 14.6. The molecule has 1 aromatic carbocycles. The van der Waals surface area contributed by atoms with E-state index in [9.17, 15) is 77.9 Å². The Balaban J connectivity index is 2.48. The number of hydrogen-bond acceptors (Lipinski definition) is 19. The molecule has 11 atom stereocenters. The lowest BCUT2D eigenvalue weighted by Crippen LogP contribution is -2.61. The van der Waals surface area contributed by atoms with Crippen molar-refractivity contribution in [3.05, 3.63) is 58.2 Å². The third-order valence-electron chi connectivity index (χ3n) is 14.4. The second-order valence-electron chi connectivity index (χ2n) is 23.2. The number of unbranched alkanes of at least 4 members (excludes halogenated alkanes) is 2. The number of aliphatic carboxylic acids is 1. The lowest BCUT2D eigenvalue weighted by molar-refractivity contribution is -0.384. The fourth-order valence-electron chi connectivity index (χ4n) is 9.08. The second-order valence-corrected chi connectivity index (χ2v) is 23.2. The number of nitro benzene ring substituents is 1. The van der Waals surface area contributed by atoms with Crippen LogP contribution in [0.1, 0.15) is 130 Å². The molecule has 0 unspecified atom stereocenters. The number of aliphatic imine (C=N–C) groups is 1. The Kier molecular flexibility index (Phi) is 35.3. The van der Waals surface area contributed by atoms with Crippen molar-refractivity contribution in [2.45, 2.75) is 198 Å². The quantitative estimate of drug-likeness (QED) is 0.00982. The number of carbonyl (C=O) groups excluding carboxylic acids is 11. The smallest absolute Gasteiger partial charge is 0.303 e. The number of aliphatic hydroxyl groups is 1. The molecule has 1 aromatic heterocycles. The number of carboxylic acid groups (broad SMARTS) is 1. The Morgan fingerprint density at radius 3 is 1.55 bits per heavy atom. The first kappa shape index (κ1) is 79.7. The Morgan fingerprint density at radius 2 is 1.06 bits per heavy atom. The number of non-ortho nitro benzene ring substituents is 1. The molecule has 35 nitrogen and oxygen atoms in total. The van der Waals surface area contributed by atoms with Gasteiger partial charge in [-0.05, 0) is 89.2 Å². The zero-order valence-corrected chi connectivity index (χ0v) is 53.6. The minimum atomic E-state index is -1.71. The van der Waals surface area contributed by atoms with E-state index in [4.69, 9.17) is 28.7 Å². The Labute approximate surface area is 538 Å². The summed E-state index contributed by atoms with van der Waals surface area (Å²) < 4.78 is 0. The van der Waals surface area contributed by atoms with Crippen LogP contribution in [-0.2, 0) is 70.4 Å². The van der Waals surface area contributed by atoms with E-state index in [1.54, 1.807) is 34.6 Å². The van der Waals surface area contributed by atoms with Crippen molar-refractivity contribution in [1.82, 2.24) is 63.1 Å². The maximum Gasteiger partial charge on any atom is 0.303 e. The van der Waals surface area contributed by atoms with Crippen molar-refractivity contribution in [3.63, 3.8) is 0 Å². The lowest BCUT2D eigenvalue weighted by atomic mass is 9.98. The number of hydrogen-bond donors (Lipinski definition) is 18. The van der Waals surface area contributed by atoms with Crippen LogP contribution in [0, 0.1) is 22.0 Å². The van der Waals surface area contributed by atoms with Crippen molar-refractivity contribution < 1.29 is 72.7 Å². The largest absolute Gasteiger partial charge is 0.481 e. The molecule has 0 spiro atoms. The normalized spacial score (nSPS) is 14.7. The number of H-pyrrole nitrogens is 1. The van der Waals surface area contributed by atoms with Gasteiger partial charge in [-0.1, -0.05) is 59.6 Å². The molecule has 518 valence electrons. The van der Waals surface area contributed by atoms with E-state index in [2.05, 4.69) is 68.1 Å². The molecule has 11 amide bonds. The predicted octanol–water partition coefficient (Wildman–Crippen LogP) is -4.26. The molecule has 0 saturated carbocycles. The number of nitro groups is 1. The number of rotatable bonds is 44. The molecule has 0 fully saturated rings. The number of aromatic nitrogens is 2. The Morgan fingerprint density at radius 1 is 0.591 bits per heavy atom. The summed E-state index contributed by atoms with van der Waals surface area (Å²) in [4.78, 5) is 184. The fourth-order valence-corrected chi connectivity index (χ4v) is 9.08. The summed E-state index contributed by atoms with van der Waals surface area (Å²) in [6.07, 6.45) is 3.38. The van der Waals surface area contributed by atoms with E-state index in [0.717, 1.165) is 12.1 Å². The summed E-state index contributed by atoms with van der Waals surface area (Å²) in [6, 6.07) is -10.5. The van der Waals surface area contributed by atoms with Gasteiger partial charge in [0.25, 0.3) is 5.69 Å². The topological polar surface area (TPSA) is 580 Å². The fraction of sp³-hybridized carbons (Fsp3) is 0.621. The predicted molar refractivity (Wildman–Crippen MR) is 338 cm³/mol. The van der Waals surface area contributed by atoms with Gasteiger partial charge in [-0.25, -0.2) is 4.98 Å². The first-order valence-electron chi connectivity index (χ1n) is 30.7. The van der Waals surface area contributed by atoms with Crippen LogP contribution in [0.2, 0.25) is 0 Å². The number of nitrogens with one attached hydrogen (secondary N) is 11. The molecule has 35 heteroatoms. The highest BCUT2D eigenvalue weighted by Crippen LogP contribution is 2.16. The standard InChI is InChI=1S/C58H95N19O16/c1-8-9-13-38(53(87)75-44(28-78)47(61)81)69-48(82)33(7)68-52(86)41(20-21-45(79)80)72-56(90)43(25-34-16-18-36(19-17-34)77(92)93)73-55(89)42(24-30(2)3)74-57(91)46(31(4)5)76-54(88)40(15-12-23-65-58(62)63)70-49(83)32(6)67-51(85)39(14-10-11-22-59)71-50(84)37(60)26-35-27-64-29-66-35/h16-19,27,29-33,37-44,46,78H,8-15,20-26,28,59-60H2,1-7H3,(H2,61,81)(H,64,66)(H,67,85)(H,68,86)(H,69,82)(H,70,83)(H,71,84)(H,72,90)(H,73,89)(H,74,91)(H,75,87)(H,76,88)(H,79,80)(H4,62,63,65)/t32-,33-,37-,38-,39-,40-,41-,42-,43-,44-,46-/m0/s1. The SMILES string of the molecule is CCCC[C@H](NC(=O)[C@H](C)NC(=O)[C@H](CCC(=O)O)NC(=O)[C@H](Cc1ccc([N+](=O)[O-])cc1)NC(=O)[C@H](CC(C)C)NC(=O)[C@@H](NC(=O)[C@H](CCCN=C(N)N)NC(=O)[C@H](C)NC(=O)[C@H](CCCCN)NC(=O)[C@@H](N)Cc1cnc[nH]1)C(C)C)C(=O)N[C@@H](CO)C(N)=O. The first-order valence-corrected chi connectivity index (χ1v) is 30.7. The van der Waals surface area contributed by atoms with E-state index >= 15 is 0 Å². The molecule has 0 bridgehead atoms. The van der Waals surface area contributed by atoms with Crippen LogP contribution in [0.5, 0.6) is 0 Å². The van der Waals surface area contributed by atoms with Crippen molar-refractivity contribution >= 4 is 82.6 Å². The minimum Gasteiger partial charge on any atom is -0.481 e. The van der Waals surface area contributed by atoms with Gasteiger partial charge in [0, 0.05) is 49.8 Å². The van der Waals surface area contributed by atoms with Gasteiger partial charge >= 0.3 is 5.97 Å². The van der Waals surface area contributed by atoms with Crippen molar-refractivity contribution in [2.24, 2.45) is 45.5 Å². The maximum atomic E-state index is 14.6.